The predicted octanol–water partition coefficient (Wildman–Crippen LogP) is 4.21. The van der Waals surface area contributed by atoms with Gasteiger partial charge in [0, 0.05) is 12.0 Å². The molecule has 2 aliphatic carbocycles. The van der Waals surface area contributed by atoms with Crippen molar-refractivity contribution in [3.8, 4) is 0 Å². The Morgan fingerprint density at radius 1 is 1.25 bits per heavy atom. The van der Waals surface area contributed by atoms with Crippen LogP contribution in [-0.4, -0.2) is 34.5 Å². The molecule has 0 unspecified atom stereocenters. The van der Waals surface area contributed by atoms with Crippen molar-refractivity contribution in [3.05, 3.63) is 42.0 Å². The fraction of sp³-hybridized carbons (Fsp3) is 0.625. The van der Waals surface area contributed by atoms with E-state index in [0.29, 0.717) is 12.3 Å². The number of benzene rings is 1. The highest BCUT2D eigenvalue weighted by Gasteiger charge is 2.59. The summed E-state index contributed by atoms with van der Waals surface area (Å²) < 4.78 is 6.02. The summed E-state index contributed by atoms with van der Waals surface area (Å²) in [6.07, 6.45) is 7.27. The van der Waals surface area contributed by atoms with Crippen LogP contribution in [0.3, 0.4) is 0 Å². The van der Waals surface area contributed by atoms with Gasteiger partial charge in [0.15, 0.2) is 0 Å². The van der Waals surface area contributed by atoms with Crippen LogP contribution in [-0.2, 0) is 9.53 Å². The molecule has 4 nitrogen and oxygen atoms in total. The van der Waals surface area contributed by atoms with Crippen molar-refractivity contribution in [1.82, 2.24) is 0 Å². The third-order valence-electron chi connectivity index (χ3n) is 7.08. The number of carbonyl (C=O) groups is 1. The molecule has 5 atom stereocenters. The molecule has 0 bridgehead atoms. The maximum absolute atomic E-state index is 12.7. The third-order valence-corrected chi connectivity index (χ3v) is 7.08. The number of carbonyl (C=O) groups excluding carboxylic acids is 1. The maximum Gasteiger partial charge on any atom is 0.331 e. The summed E-state index contributed by atoms with van der Waals surface area (Å²) in [7, 11) is 0. The van der Waals surface area contributed by atoms with E-state index < -0.39 is 5.60 Å². The summed E-state index contributed by atoms with van der Waals surface area (Å²) in [5.41, 5.74) is -0.359. The topological polar surface area (TPSA) is 66.8 Å². The Morgan fingerprint density at radius 3 is 2.61 bits per heavy atom. The second-order valence-electron chi connectivity index (χ2n) is 9.34. The summed E-state index contributed by atoms with van der Waals surface area (Å²) in [4.78, 5) is 12.7. The molecule has 3 rings (SSSR count). The summed E-state index contributed by atoms with van der Waals surface area (Å²) in [5.74, 6) is -0.0998. The average Bonchev–Trinajstić information content (AvgIpc) is 2.66. The zero-order chi connectivity index (χ0) is 20.4. The van der Waals surface area contributed by atoms with Crippen molar-refractivity contribution in [1.29, 1.82) is 0 Å². The molecular weight excluding hydrogens is 352 g/mol. The van der Waals surface area contributed by atoms with Crippen LogP contribution >= 0.6 is 0 Å². The van der Waals surface area contributed by atoms with Crippen LogP contribution in [0.25, 0.3) is 6.08 Å². The van der Waals surface area contributed by atoms with Crippen LogP contribution in [0.2, 0.25) is 0 Å². The smallest absolute Gasteiger partial charge is 0.331 e. The van der Waals surface area contributed by atoms with E-state index in [1.54, 1.807) is 6.08 Å². The van der Waals surface area contributed by atoms with Crippen molar-refractivity contribution in [2.45, 2.75) is 64.6 Å². The van der Waals surface area contributed by atoms with Gasteiger partial charge < -0.3 is 14.9 Å². The van der Waals surface area contributed by atoms with Crippen LogP contribution in [0, 0.1) is 23.2 Å². The molecular formula is C24H34O4. The van der Waals surface area contributed by atoms with Crippen molar-refractivity contribution in [2.24, 2.45) is 23.2 Å². The van der Waals surface area contributed by atoms with Gasteiger partial charge in [-0.25, -0.2) is 4.79 Å². The average molecular weight is 387 g/mol. The van der Waals surface area contributed by atoms with Gasteiger partial charge in [0.25, 0.3) is 0 Å². The molecule has 1 aromatic rings. The Balaban J connectivity index is 1.86. The molecule has 28 heavy (non-hydrogen) atoms. The fourth-order valence-corrected chi connectivity index (χ4v) is 5.60. The molecule has 2 N–H and O–H groups in total. The highest BCUT2D eigenvalue weighted by atomic mass is 16.5. The van der Waals surface area contributed by atoms with E-state index in [1.165, 1.54) is 6.08 Å². The van der Waals surface area contributed by atoms with Gasteiger partial charge >= 0.3 is 5.97 Å². The van der Waals surface area contributed by atoms with Crippen LogP contribution in [0.15, 0.2) is 36.4 Å². The molecule has 0 heterocycles. The monoisotopic (exact) mass is 386 g/mol. The predicted molar refractivity (Wildman–Crippen MR) is 110 cm³/mol. The number of aliphatic hydroxyl groups excluding tert-OH is 1. The SMILES string of the molecule is CC(C)[C@@H]1CC[C@@]2(C)CCC[C@](O)(CO)[C@@H]2[C@@H]1OC(=O)C=Cc1ccccc1. The zero-order valence-corrected chi connectivity index (χ0v) is 17.3. The van der Waals surface area contributed by atoms with Gasteiger partial charge in [-0.15, -0.1) is 0 Å². The largest absolute Gasteiger partial charge is 0.458 e. The summed E-state index contributed by atoms with van der Waals surface area (Å²) in [5, 5.41) is 21.3. The van der Waals surface area contributed by atoms with Crippen molar-refractivity contribution in [3.63, 3.8) is 0 Å². The zero-order valence-electron chi connectivity index (χ0n) is 17.3. The fourth-order valence-electron chi connectivity index (χ4n) is 5.60. The summed E-state index contributed by atoms with van der Waals surface area (Å²) in [6.45, 7) is 6.20. The molecule has 2 saturated carbocycles. The maximum atomic E-state index is 12.7. The Bertz CT molecular complexity index is 688. The minimum absolute atomic E-state index is 0.116. The Morgan fingerprint density at radius 2 is 1.96 bits per heavy atom. The molecule has 2 aliphatic rings. The quantitative estimate of drug-likeness (QED) is 0.588. The van der Waals surface area contributed by atoms with Crippen LogP contribution in [0.1, 0.15) is 58.4 Å². The standard InChI is InChI=1S/C24H34O4/c1-17(2)19-12-15-23(3)13-7-14-24(27,16-25)22(23)21(19)28-20(26)11-10-18-8-5-4-6-9-18/h4-6,8-11,17,19,21-22,25,27H,7,12-16H2,1-3H3/t19-,21+,22+,23+,24-/m0/s1. The van der Waals surface area contributed by atoms with E-state index >= 15 is 0 Å². The number of rotatable bonds is 5. The first-order valence-corrected chi connectivity index (χ1v) is 10.6. The highest BCUT2D eigenvalue weighted by molar-refractivity contribution is 5.87. The normalized spacial score (nSPS) is 35.7. The molecule has 154 valence electrons. The van der Waals surface area contributed by atoms with Gasteiger partial charge in [-0.05, 0) is 61.0 Å². The highest BCUT2D eigenvalue weighted by Crippen LogP contribution is 2.57. The second-order valence-corrected chi connectivity index (χ2v) is 9.34. The van der Waals surface area contributed by atoms with E-state index in [-0.39, 0.29) is 35.9 Å². The van der Waals surface area contributed by atoms with Gasteiger partial charge in [0.1, 0.15) is 6.10 Å². The molecule has 4 heteroatoms. The van der Waals surface area contributed by atoms with Crippen molar-refractivity contribution in [2.75, 3.05) is 6.61 Å². The second kappa shape index (κ2) is 8.38. The number of fused-ring (bicyclic) bond motifs is 1. The molecule has 0 amide bonds. The van der Waals surface area contributed by atoms with E-state index in [0.717, 1.165) is 31.2 Å². The lowest BCUT2D eigenvalue weighted by atomic mass is 9.51. The Kier molecular flexibility index (Phi) is 6.31. The van der Waals surface area contributed by atoms with Gasteiger partial charge in [-0.3, -0.25) is 0 Å². The molecule has 1 aromatic carbocycles. The van der Waals surface area contributed by atoms with Gasteiger partial charge in [-0.1, -0.05) is 51.1 Å². The van der Waals surface area contributed by atoms with Gasteiger partial charge in [-0.2, -0.15) is 0 Å². The van der Waals surface area contributed by atoms with Gasteiger partial charge in [0.2, 0.25) is 0 Å². The first-order valence-electron chi connectivity index (χ1n) is 10.6. The van der Waals surface area contributed by atoms with Crippen LogP contribution in [0.4, 0.5) is 0 Å². The Labute approximate surface area is 168 Å². The van der Waals surface area contributed by atoms with E-state index in [1.807, 2.05) is 30.3 Å². The number of ether oxygens (including phenoxy) is 1. The van der Waals surface area contributed by atoms with Crippen molar-refractivity contribution < 1.29 is 19.7 Å². The van der Waals surface area contributed by atoms with E-state index in [9.17, 15) is 15.0 Å². The molecule has 2 fully saturated rings. The van der Waals surface area contributed by atoms with Crippen molar-refractivity contribution >= 4 is 12.0 Å². The first kappa shape index (κ1) is 21.1. The number of esters is 1. The lowest BCUT2D eigenvalue weighted by Gasteiger charge is -2.58. The number of aliphatic hydroxyl groups is 2. The number of hydrogen-bond acceptors (Lipinski definition) is 4. The lowest BCUT2D eigenvalue weighted by Crippen LogP contribution is -2.62. The van der Waals surface area contributed by atoms with Crippen LogP contribution in [0.5, 0.6) is 0 Å². The molecule has 0 spiro atoms. The molecule has 0 aromatic heterocycles. The minimum Gasteiger partial charge on any atom is -0.458 e. The Hall–Kier alpha value is -1.65. The lowest BCUT2D eigenvalue weighted by molar-refractivity contribution is -0.216. The molecule has 0 aliphatic heterocycles. The summed E-state index contributed by atoms with van der Waals surface area (Å²) >= 11 is 0. The third kappa shape index (κ3) is 4.18. The number of hydrogen-bond donors (Lipinski definition) is 2. The van der Waals surface area contributed by atoms with Crippen LogP contribution < -0.4 is 0 Å². The van der Waals surface area contributed by atoms with E-state index in [4.69, 9.17) is 4.74 Å². The molecule has 0 saturated heterocycles. The van der Waals surface area contributed by atoms with Gasteiger partial charge in [0.05, 0.1) is 12.2 Å². The van der Waals surface area contributed by atoms with E-state index in [2.05, 4.69) is 20.8 Å². The minimum atomic E-state index is -1.19. The molecule has 0 radical (unpaired) electrons. The first-order chi connectivity index (χ1) is 13.3. The summed E-state index contributed by atoms with van der Waals surface area (Å²) in [6, 6.07) is 9.66.